The fourth-order valence-corrected chi connectivity index (χ4v) is 3.22. The summed E-state index contributed by atoms with van der Waals surface area (Å²) < 4.78 is 43.0. The summed E-state index contributed by atoms with van der Waals surface area (Å²) in [6.07, 6.45) is -6.60. The molecule has 0 bridgehead atoms. The molecule has 0 aliphatic carbocycles. The summed E-state index contributed by atoms with van der Waals surface area (Å²) in [5, 5.41) is 15.0. The van der Waals surface area contributed by atoms with Gasteiger partial charge in [-0.15, -0.1) is 0 Å². The third kappa shape index (κ3) is 6.33. The van der Waals surface area contributed by atoms with Crippen molar-refractivity contribution in [1.29, 1.82) is 0 Å². The normalized spacial score (nSPS) is 20.6. The van der Waals surface area contributed by atoms with Crippen LogP contribution in [0.3, 0.4) is 0 Å². The summed E-state index contributed by atoms with van der Waals surface area (Å²) >= 11 is 0. The zero-order chi connectivity index (χ0) is 22.5. The summed E-state index contributed by atoms with van der Waals surface area (Å²) in [7, 11) is 1.79. The number of hydrogen-bond acceptors (Lipinski definition) is 5. The molecule has 1 aromatic rings. The summed E-state index contributed by atoms with van der Waals surface area (Å²) in [4.78, 5) is 26.6. The number of ether oxygens (including phenoxy) is 1. The molecule has 1 aromatic carbocycles. The smallest absolute Gasteiger partial charge is 0.389 e. The number of carbonyl (C=O) groups excluding carboxylic acids is 2. The molecule has 1 aliphatic heterocycles. The SMILES string of the molecule is CNC[C@H]1Oc2ccc(NC(=O)CCC(F)(F)F)cc2C(=O)N([C@@H](C)CO)C[C@@H]1C. The van der Waals surface area contributed by atoms with Gasteiger partial charge in [-0.3, -0.25) is 9.59 Å². The van der Waals surface area contributed by atoms with E-state index in [1.165, 1.54) is 18.2 Å². The van der Waals surface area contributed by atoms with Gasteiger partial charge >= 0.3 is 6.18 Å². The predicted octanol–water partition coefficient (Wildman–Crippen LogP) is 2.41. The fourth-order valence-electron chi connectivity index (χ4n) is 3.22. The van der Waals surface area contributed by atoms with Crippen LogP contribution in [0.1, 0.15) is 37.0 Å². The Morgan fingerprint density at radius 1 is 1.40 bits per heavy atom. The van der Waals surface area contributed by atoms with Gasteiger partial charge in [0, 0.05) is 31.1 Å². The average molecular weight is 431 g/mol. The number of nitrogens with one attached hydrogen (secondary N) is 2. The third-order valence-electron chi connectivity index (χ3n) is 4.99. The number of rotatable bonds is 7. The van der Waals surface area contributed by atoms with E-state index in [1.54, 1.807) is 18.9 Å². The zero-order valence-corrected chi connectivity index (χ0v) is 17.3. The maximum atomic E-state index is 13.2. The lowest BCUT2D eigenvalue weighted by atomic mass is 9.99. The largest absolute Gasteiger partial charge is 0.488 e. The Bertz CT molecular complexity index is 757. The maximum Gasteiger partial charge on any atom is 0.389 e. The molecule has 2 rings (SSSR count). The first-order valence-corrected chi connectivity index (χ1v) is 9.79. The second-order valence-electron chi connectivity index (χ2n) is 7.55. The number of amides is 2. The topological polar surface area (TPSA) is 90.9 Å². The Balaban J connectivity index is 2.32. The lowest BCUT2D eigenvalue weighted by Gasteiger charge is -2.37. The molecule has 1 aliphatic rings. The summed E-state index contributed by atoms with van der Waals surface area (Å²) in [6.45, 7) is 4.34. The Labute approximate surface area is 173 Å². The molecule has 1 heterocycles. The number of fused-ring (bicyclic) bond motifs is 1. The van der Waals surface area contributed by atoms with Crippen LogP contribution in [-0.2, 0) is 4.79 Å². The molecule has 2 amide bonds. The minimum Gasteiger partial charge on any atom is -0.488 e. The second kappa shape index (κ2) is 10.1. The molecule has 10 heteroatoms. The molecule has 0 aromatic heterocycles. The van der Waals surface area contributed by atoms with Crippen molar-refractivity contribution in [3.05, 3.63) is 23.8 Å². The quantitative estimate of drug-likeness (QED) is 0.617. The number of benzene rings is 1. The first kappa shape index (κ1) is 23.9. The third-order valence-corrected chi connectivity index (χ3v) is 4.99. The van der Waals surface area contributed by atoms with Crippen LogP contribution in [0.5, 0.6) is 5.75 Å². The fraction of sp³-hybridized carbons (Fsp3) is 0.600. The molecule has 0 saturated carbocycles. The van der Waals surface area contributed by atoms with Crippen LogP contribution in [-0.4, -0.2) is 66.9 Å². The molecule has 0 radical (unpaired) electrons. The van der Waals surface area contributed by atoms with E-state index < -0.39 is 31.0 Å². The maximum absolute atomic E-state index is 13.2. The number of alkyl halides is 3. The van der Waals surface area contributed by atoms with Crippen LogP contribution in [0.2, 0.25) is 0 Å². The number of anilines is 1. The standard InChI is InChI=1S/C20H28F3N3O4/c1-12-10-26(13(2)11-27)19(29)15-8-14(25-18(28)6-7-20(21,22)23)4-5-16(15)30-17(12)9-24-3/h4-5,8,12-13,17,24,27H,6-7,9-11H2,1-3H3,(H,25,28)/t12-,13-,17+/m0/s1. The van der Waals surface area contributed by atoms with E-state index in [0.717, 1.165) is 0 Å². The van der Waals surface area contributed by atoms with Gasteiger partial charge in [0.25, 0.3) is 5.91 Å². The highest BCUT2D eigenvalue weighted by Crippen LogP contribution is 2.30. The first-order valence-electron chi connectivity index (χ1n) is 9.79. The average Bonchev–Trinajstić information content (AvgIpc) is 2.68. The van der Waals surface area contributed by atoms with Crippen LogP contribution >= 0.6 is 0 Å². The van der Waals surface area contributed by atoms with Crippen molar-refractivity contribution in [3.63, 3.8) is 0 Å². The van der Waals surface area contributed by atoms with Gasteiger partial charge in [0.05, 0.1) is 24.6 Å². The van der Waals surface area contributed by atoms with E-state index in [2.05, 4.69) is 10.6 Å². The van der Waals surface area contributed by atoms with Crippen LogP contribution in [0, 0.1) is 5.92 Å². The number of nitrogens with zero attached hydrogens (tertiary/aromatic N) is 1. The molecule has 7 nitrogen and oxygen atoms in total. The van der Waals surface area contributed by atoms with Crippen molar-refractivity contribution in [3.8, 4) is 5.75 Å². The van der Waals surface area contributed by atoms with E-state index in [4.69, 9.17) is 4.74 Å². The monoisotopic (exact) mass is 431 g/mol. The molecule has 0 spiro atoms. The van der Waals surface area contributed by atoms with Crippen molar-refractivity contribution in [2.75, 3.05) is 32.1 Å². The minimum absolute atomic E-state index is 0.0229. The number of halogens is 3. The molecular formula is C20H28F3N3O4. The van der Waals surface area contributed by atoms with Crippen LogP contribution in [0.25, 0.3) is 0 Å². The zero-order valence-electron chi connectivity index (χ0n) is 17.3. The number of aliphatic hydroxyl groups is 1. The van der Waals surface area contributed by atoms with Crippen molar-refractivity contribution >= 4 is 17.5 Å². The molecule has 30 heavy (non-hydrogen) atoms. The van der Waals surface area contributed by atoms with Gasteiger partial charge < -0.3 is 25.4 Å². The lowest BCUT2D eigenvalue weighted by molar-refractivity contribution is -0.142. The highest BCUT2D eigenvalue weighted by Gasteiger charge is 2.33. The van der Waals surface area contributed by atoms with Gasteiger partial charge in [0.15, 0.2) is 0 Å². The number of carbonyl (C=O) groups is 2. The van der Waals surface area contributed by atoms with E-state index in [9.17, 15) is 27.9 Å². The molecule has 3 atom stereocenters. The second-order valence-corrected chi connectivity index (χ2v) is 7.55. The van der Waals surface area contributed by atoms with Crippen molar-refractivity contribution in [1.82, 2.24) is 10.2 Å². The Hall–Kier alpha value is -2.33. The number of hydrogen-bond donors (Lipinski definition) is 3. The lowest BCUT2D eigenvalue weighted by Crippen LogP contribution is -2.49. The van der Waals surface area contributed by atoms with Gasteiger partial charge in [0.1, 0.15) is 11.9 Å². The summed E-state index contributed by atoms with van der Waals surface area (Å²) in [6, 6.07) is 3.97. The molecule has 0 saturated heterocycles. The van der Waals surface area contributed by atoms with E-state index in [-0.39, 0.29) is 35.8 Å². The van der Waals surface area contributed by atoms with E-state index in [0.29, 0.717) is 18.8 Å². The van der Waals surface area contributed by atoms with Crippen LogP contribution in [0.15, 0.2) is 18.2 Å². The highest BCUT2D eigenvalue weighted by molar-refractivity contribution is 5.99. The molecule has 3 N–H and O–H groups in total. The van der Waals surface area contributed by atoms with Gasteiger partial charge in [-0.25, -0.2) is 0 Å². The molecule has 0 unspecified atom stereocenters. The number of aliphatic hydroxyl groups excluding tert-OH is 1. The molecular weight excluding hydrogens is 403 g/mol. The summed E-state index contributed by atoms with van der Waals surface area (Å²) in [5.41, 5.74) is 0.380. The number of likely N-dealkylation sites (N-methyl/N-ethyl adjacent to an activating group) is 1. The van der Waals surface area contributed by atoms with Gasteiger partial charge in [0.2, 0.25) is 5.91 Å². The van der Waals surface area contributed by atoms with Gasteiger partial charge in [-0.2, -0.15) is 13.2 Å². The van der Waals surface area contributed by atoms with Crippen molar-refractivity contribution in [2.24, 2.45) is 5.92 Å². The van der Waals surface area contributed by atoms with Gasteiger partial charge in [-0.05, 0) is 32.2 Å². The highest BCUT2D eigenvalue weighted by atomic mass is 19.4. The van der Waals surface area contributed by atoms with E-state index in [1.807, 2.05) is 6.92 Å². The van der Waals surface area contributed by atoms with Crippen molar-refractivity contribution < 1.29 is 32.6 Å². The van der Waals surface area contributed by atoms with E-state index >= 15 is 0 Å². The first-order chi connectivity index (χ1) is 14.1. The van der Waals surface area contributed by atoms with Crippen LogP contribution in [0.4, 0.5) is 18.9 Å². The summed E-state index contributed by atoms with van der Waals surface area (Å²) in [5.74, 6) is -0.887. The Morgan fingerprint density at radius 3 is 2.70 bits per heavy atom. The minimum atomic E-state index is -4.42. The Morgan fingerprint density at radius 2 is 2.10 bits per heavy atom. The van der Waals surface area contributed by atoms with Crippen LogP contribution < -0.4 is 15.4 Å². The predicted molar refractivity (Wildman–Crippen MR) is 105 cm³/mol. The van der Waals surface area contributed by atoms with Gasteiger partial charge in [-0.1, -0.05) is 6.92 Å². The molecule has 168 valence electrons. The Kier molecular flexibility index (Phi) is 8.08. The molecule has 0 fully saturated rings. The van der Waals surface area contributed by atoms with Crippen molar-refractivity contribution in [2.45, 2.75) is 45.0 Å².